The summed E-state index contributed by atoms with van der Waals surface area (Å²) in [6.45, 7) is 4.71. The first kappa shape index (κ1) is 11.4. The maximum atomic E-state index is 10.1. The summed E-state index contributed by atoms with van der Waals surface area (Å²) in [6.07, 6.45) is 0.818. The minimum Gasteiger partial charge on any atom is -0.480 e. The zero-order valence-electron chi connectivity index (χ0n) is 7.58. The minimum absolute atomic E-state index is 0.146. The number of ether oxygens (including phenoxy) is 2. The number of aliphatic carboxylic acids is 1. The van der Waals surface area contributed by atoms with Crippen LogP contribution in [-0.4, -0.2) is 37.0 Å². The molecule has 0 saturated carbocycles. The summed E-state index contributed by atoms with van der Waals surface area (Å²) in [4.78, 5) is 10.1. The van der Waals surface area contributed by atoms with Crippen molar-refractivity contribution in [2.24, 2.45) is 0 Å². The van der Waals surface area contributed by atoms with Gasteiger partial charge in [-0.05, 0) is 13.3 Å². The van der Waals surface area contributed by atoms with Gasteiger partial charge in [-0.25, -0.2) is 4.79 Å². The van der Waals surface area contributed by atoms with E-state index in [0.717, 1.165) is 6.42 Å². The molecule has 0 heterocycles. The Morgan fingerprint density at radius 3 is 2.75 bits per heavy atom. The van der Waals surface area contributed by atoms with Gasteiger partial charge < -0.3 is 14.6 Å². The predicted octanol–water partition coefficient (Wildman–Crippen LogP) is 0.903. The summed E-state index contributed by atoms with van der Waals surface area (Å²) < 4.78 is 10.1. The van der Waals surface area contributed by atoms with Crippen molar-refractivity contribution >= 4 is 5.97 Å². The molecule has 0 bridgehead atoms. The van der Waals surface area contributed by atoms with Crippen LogP contribution in [0.5, 0.6) is 0 Å². The van der Waals surface area contributed by atoms with Gasteiger partial charge in [0.05, 0.1) is 12.7 Å². The van der Waals surface area contributed by atoms with Gasteiger partial charge in [0.2, 0.25) is 0 Å². The van der Waals surface area contributed by atoms with Gasteiger partial charge in [0.25, 0.3) is 0 Å². The van der Waals surface area contributed by atoms with Crippen LogP contribution in [-0.2, 0) is 14.3 Å². The zero-order valence-corrected chi connectivity index (χ0v) is 7.58. The highest BCUT2D eigenvalue weighted by atomic mass is 16.5. The van der Waals surface area contributed by atoms with Crippen LogP contribution >= 0.6 is 0 Å². The summed E-state index contributed by atoms with van der Waals surface area (Å²) >= 11 is 0. The summed E-state index contributed by atoms with van der Waals surface area (Å²) in [5.41, 5.74) is 0. The normalized spacial score (nSPS) is 12.8. The van der Waals surface area contributed by atoms with Crippen LogP contribution in [0.1, 0.15) is 20.3 Å². The smallest absolute Gasteiger partial charge is 0.329 e. The second-order valence-corrected chi connectivity index (χ2v) is 2.59. The number of hydrogen-bond donors (Lipinski definition) is 1. The lowest BCUT2D eigenvalue weighted by molar-refractivity contribution is -0.145. The van der Waals surface area contributed by atoms with E-state index in [1.807, 2.05) is 6.92 Å². The van der Waals surface area contributed by atoms with E-state index in [0.29, 0.717) is 13.2 Å². The molecular formula is C8H16O4. The molecular weight excluding hydrogens is 160 g/mol. The fourth-order valence-corrected chi connectivity index (χ4v) is 0.655. The Kier molecular flexibility index (Phi) is 6.70. The van der Waals surface area contributed by atoms with Crippen molar-refractivity contribution in [3.8, 4) is 0 Å². The molecule has 0 fully saturated rings. The fraction of sp³-hybridized carbons (Fsp3) is 0.875. The number of hydrogen-bond acceptors (Lipinski definition) is 3. The molecule has 4 heteroatoms. The quantitative estimate of drug-likeness (QED) is 0.585. The summed E-state index contributed by atoms with van der Waals surface area (Å²) in [5.74, 6) is -0.947. The lowest BCUT2D eigenvalue weighted by Crippen LogP contribution is -2.20. The van der Waals surface area contributed by atoms with Crippen molar-refractivity contribution in [1.29, 1.82) is 0 Å². The average molecular weight is 176 g/mol. The molecule has 12 heavy (non-hydrogen) atoms. The van der Waals surface area contributed by atoms with E-state index in [4.69, 9.17) is 14.6 Å². The second-order valence-electron chi connectivity index (χ2n) is 2.59. The number of carbonyl (C=O) groups is 1. The van der Waals surface area contributed by atoms with Crippen molar-refractivity contribution in [2.45, 2.75) is 26.4 Å². The zero-order chi connectivity index (χ0) is 9.40. The van der Waals surface area contributed by atoms with Crippen LogP contribution in [0.4, 0.5) is 0 Å². The maximum Gasteiger partial charge on any atom is 0.329 e. The highest BCUT2D eigenvalue weighted by molar-refractivity contribution is 5.68. The van der Waals surface area contributed by atoms with Gasteiger partial charge in [-0.3, -0.25) is 0 Å². The summed E-state index contributed by atoms with van der Waals surface area (Å²) in [7, 11) is 0. The molecule has 4 nitrogen and oxygen atoms in total. The monoisotopic (exact) mass is 176 g/mol. The molecule has 0 aliphatic rings. The van der Waals surface area contributed by atoms with E-state index in [1.165, 1.54) is 0 Å². The Labute approximate surface area is 72.5 Å². The lowest BCUT2D eigenvalue weighted by atomic mass is 10.4. The SMILES string of the molecule is CCCOCC(C)OCC(=O)O. The molecule has 1 N–H and O–H groups in total. The van der Waals surface area contributed by atoms with Crippen molar-refractivity contribution in [2.75, 3.05) is 19.8 Å². The molecule has 0 spiro atoms. The van der Waals surface area contributed by atoms with E-state index >= 15 is 0 Å². The standard InChI is InChI=1S/C8H16O4/c1-3-4-11-5-7(2)12-6-8(9)10/h7H,3-6H2,1-2H3,(H,9,10). The third kappa shape index (κ3) is 7.50. The van der Waals surface area contributed by atoms with Gasteiger partial charge in [0, 0.05) is 6.61 Å². The molecule has 0 amide bonds. The van der Waals surface area contributed by atoms with Gasteiger partial charge in [0.15, 0.2) is 0 Å². The van der Waals surface area contributed by atoms with Crippen LogP contribution in [0.2, 0.25) is 0 Å². The molecule has 0 aromatic carbocycles. The summed E-state index contributed by atoms with van der Waals surface area (Å²) in [6, 6.07) is 0. The fourth-order valence-electron chi connectivity index (χ4n) is 0.655. The van der Waals surface area contributed by atoms with Crippen molar-refractivity contribution in [3.63, 3.8) is 0 Å². The Balaban J connectivity index is 3.21. The van der Waals surface area contributed by atoms with E-state index < -0.39 is 5.97 Å². The van der Waals surface area contributed by atoms with Crippen molar-refractivity contribution in [1.82, 2.24) is 0 Å². The van der Waals surface area contributed by atoms with Crippen LogP contribution < -0.4 is 0 Å². The van der Waals surface area contributed by atoms with Gasteiger partial charge >= 0.3 is 5.97 Å². The number of carboxylic acid groups (broad SMARTS) is 1. The molecule has 0 rings (SSSR count). The molecule has 1 atom stereocenters. The van der Waals surface area contributed by atoms with E-state index in [1.54, 1.807) is 6.92 Å². The van der Waals surface area contributed by atoms with Crippen molar-refractivity contribution < 1.29 is 19.4 Å². The first-order valence-electron chi connectivity index (χ1n) is 4.08. The molecule has 0 aliphatic carbocycles. The molecule has 0 saturated heterocycles. The largest absolute Gasteiger partial charge is 0.480 e. The van der Waals surface area contributed by atoms with Gasteiger partial charge in [-0.15, -0.1) is 0 Å². The highest BCUT2D eigenvalue weighted by Crippen LogP contribution is 1.92. The van der Waals surface area contributed by atoms with E-state index in [2.05, 4.69) is 0 Å². The first-order valence-corrected chi connectivity index (χ1v) is 4.08. The highest BCUT2D eigenvalue weighted by Gasteiger charge is 2.04. The molecule has 1 unspecified atom stereocenters. The van der Waals surface area contributed by atoms with Gasteiger partial charge in [-0.2, -0.15) is 0 Å². The number of rotatable bonds is 7. The van der Waals surface area contributed by atoms with E-state index in [9.17, 15) is 4.79 Å². The molecule has 0 aromatic rings. The first-order chi connectivity index (χ1) is 5.66. The van der Waals surface area contributed by atoms with E-state index in [-0.39, 0.29) is 12.7 Å². The van der Waals surface area contributed by atoms with Crippen LogP contribution in [0.15, 0.2) is 0 Å². The van der Waals surface area contributed by atoms with Crippen LogP contribution in [0.3, 0.4) is 0 Å². The molecule has 72 valence electrons. The van der Waals surface area contributed by atoms with Crippen LogP contribution in [0, 0.1) is 0 Å². The Morgan fingerprint density at radius 2 is 2.25 bits per heavy atom. The predicted molar refractivity (Wildman–Crippen MR) is 44.2 cm³/mol. The third-order valence-electron chi connectivity index (χ3n) is 1.19. The Morgan fingerprint density at radius 1 is 1.58 bits per heavy atom. The summed E-state index contributed by atoms with van der Waals surface area (Å²) in [5, 5.41) is 8.27. The Hall–Kier alpha value is -0.610. The molecule has 0 aliphatic heterocycles. The van der Waals surface area contributed by atoms with Gasteiger partial charge in [0.1, 0.15) is 6.61 Å². The molecule has 0 aromatic heterocycles. The number of carboxylic acids is 1. The van der Waals surface area contributed by atoms with Crippen molar-refractivity contribution in [3.05, 3.63) is 0 Å². The average Bonchev–Trinajstić information content (AvgIpc) is 2.01. The maximum absolute atomic E-state index is 10.1. The molecule has 0 radical (unpaired) electrons. The lowest BCUT2D eigenvalue weighted by Gasteiger charge is -2.10. The third-order valence-corrected chi connectivity index (χ3v) is 1.19. The second kappa shape index (κ2) is 7.06. The van der Waals surface area contributed by atoms with Crippen LogP contribution in [0.25, 0.3) is 0 Å². The topological polar surface area (TPSA) is 55.8 Å². The minimum atomic E-state index is -0.947. The Bertz CT molecular complexity index is 124. The van der Waals surface area contributed by atoms with Gasteiger partial charge in [-0.1, -0.05) is 6.92 Å².